The van der Waals surface area contributed by atoms with Crippen LogP contribution >= 0.6 is 15.9 Å². The molecule has 1 amide bonds. The van der Waals surface area contributed by atoms with E-state index in [4.69, 9.17) is 10.5 Å². The fourth-order valence-electron chi connectivity index (χ4n) is 2.03. The standard InChI is InChI=1S/C16H17BrN2O2/c1-10(11-6-8-12(17)9-7-11)19-16(20)13-4-3-5-14(21-2)15(13)18/h3-10H,18H2,1-2H3,(H,19,20). The first-order chi connectivity index (χ1) is 10.0. The molecule has 110 valence electrons. The van der Waals surface area contributed by atoms with Gasteiger partial charge in [-0.15, -0.1) is 0 Å². The van der Waals surface area contributed by atoms with E-state index < -0.39 is 0 Å². The summed E-state index contributed by atoms with van der Waals surface area (Å²) in [5.41, 5.74) is 7.72. The molecule has 0 fully saturated rings. The summed E-state index contributed by atoms with van der Waals surface area (Å²) in [7, 11) is 1.53. The minimum absolute atomic E-state index is 0.115. The zero-order chi connectivity index (χ0) is 15.4. The van der Waals surface area contributed by atoms with Crippen LogP contribution in [0.15, 0.2) is 46.9 Å². The van der Waals surface area contributed by atoms with Gasteiger partial charge in [0.1, 0.15) is 5.75 Å². The fourth-order valence-corrected chi connectivity index (χ4v) is 2.29. The lowest BCUT2D eigenvalue weighted by molar-refractivity contribution is 0.0940. The van der Waals surface area contributed by atoms with E-state index >= 15 is 0 Å². The largest absolute Gasteiger partial charge is 0.495 e. The van der Waals surface area contributed by atoms with Crippen LogP contribution in [0.3, 0.4) is 0 Å². The minimum Gasteiger partial charge on any atom is -0.495 e. The first-order valence-corrected chi connectivity index (χ1v) is 7.31. The molecule has 0 saturated carbocycles. The first kappa shape index (κ1) is 15.4. The van der Waals surface area contributed by atoms with Crippen LogP contribution in [0.25, 0.3) is 0 Å². The summed E-state index contributed by atoms with van der Waals surface area (Å²) >= 11 is 3.39. The number of halogens is 1. The third-order valence-corrected chi connectivity index (χ3v) is 3.78. The maximum atomic E-state index is 12.3. The summed E-state index contributed by atoms with van der Waals surface area (Å²) in [4.78, 5) is 12.3. The van der Waals surface area contributed by atoms with Crippen LogP contribution < -0.4 is 15.8 Å². The number of benzene rings is 2. The maximum absolute atomic E-state index is 12.3. The van der Waals surface area contributed by atoms with Gasteiger partial charge < -0.3 is 15.8 Å². The number of hydrogen-bond donors (Lipinski definition) is 2. The van der Waals surface area contributed by atoms with Crippen LogP contribution in [-0.4, -0.2) is 13.0 Å². The number of para-hydroxylation sites is 1. The molecule has 4 nitrogen and oxygen atoms in total. The van der Waals surface area contributed by atoms with Crippen LogP contribution in [0.5, 0.6) is 5.75 Å². The third kappa shape index (κ3) is 3.55. The zero-order valence-corrected chi connectivity index (χ0v) is 13.5. The summed E-state index contributed by atoms with van der Waals surface area (Å²) in [6.07, 6.45) is 0. The van der Waals surface area contributed by atoms with E-state index in [0.717, 1.165) is 10.0 Å². The Bertz CT molecular complexity index is 641. The van der Waals surface area contributed by atoms with Crippen LogP contribution in [0, 0.1) is 0 Å². The van der Waals surface area contributed by atoms with E-state index in [1.54, 1.807) is 18.2 Å². The number of nitrogens with two attached hydrogens (primary N) is 1. The van der Waals surface area contributed by atoms with E-state index in [9.17, 15) is 4.79 Å². The van der Waals surface area contributed by atoms with E-state index in [2.05, 4.69) is 21.2 Å². The second kappa shape index (κ2) is 6.63. The van der Waals surface area contributed by atoms with E-state index in [1.807, 2.05) is 31.2 Å². The molecule has 0 heterocycles. The lowest BCUT2D eigenvalue weighted by Gasteiger charge is -2.16. The maximum Gasteiger partial charge on any atom is 0.253 e. The number of amides is 1. The van der Waals surface area contributed by atoms with Crippen molar-refractivity contribution in [2.45, 2.75) is 13.0 Å². The molecule has 2 rings (SSSR count). The predicted octanol–water partition coefficient (Wildman–Crippen LogP) is 3.53. The Morgan fingerprint density at radius 1 is 1.24 bits per heavy atom. The molecule has 0 aliphatic rings. The number of ether oxygens (including phenoxy) is 1. The van der Waals surface area contributed by atoms with Crippen molar-refractivity contribution in [1.82, 2.24) is 5.32 Å². The van der Waals surface area contributed by atoms with E-state index in [0.29, 0.717) is 17.0 Å². The Morgan fingerprint density at radius 3 is 2.52 bits per heavy atom. The Morgan fingerprint density at radius 2 is 1.90 bits per heavy atom. The van der Waals surface area contributed by atoms with Gasteiger partial charge >= 0.3 is 0 Å². The Kier molecular flexibility index (Phi) is 4.85. The quantitative estimate of drug-likeness (QED) is 0.830. The molecular weight excluding hydrogens is 332 g/mol. The summed E-state index contributed by atoms with van der Waals surface area (Å²) in [5.74, 6) is 0.278. The lowest BCUT2D eigenvalue weighted by atomic mass is 10.1. The van der Waals surface area contributed by atoms with E-state index in [1.165, 1.54) is 7.11 Å². The van der Waals surface area contributed by atoms with Crippen LogP contribution in [0.4, 0.5) is 5.69 Å². The highest BCUT2D eigenvalue weighted by atomic mass is 79.9. The smallest absolute Gasteiger partial charge is 0.253 e. The van der Waals surface area contributed by atoms with Crippen molar-refractivity contribution in [2.24, 2.45) is 0 Å². The Balaban J connectivity index is 2.16. The van der Waals surface area contributed by atoms with Crippen molar-refractivity contribution < 1.29 is 9.53 Å². The van der Waals surface area contributed by atoms with Gasteiger partial charge in [0.05, 0.1) is 24.4 Å². The molecule has 3 N–H and O–H groups in total. The van der Waals surface area contributed by atoms with Crippen molar-refractivity contribution in [3.63, 3.8) is 0 Å². The van der Waals surface area contributed by atoms with Gasteiger partial charge in [-0.25, -0.2) is 0 Å². The number of anilines is 1. The van der Waals surface area contributed by atoms with Gasteiger partial charge in [-0.1, -0.05) is 34.1 Å². The number of nitrogens with one attached hydrogen (secondary N) is 1. The number of rotatable bonds is 4. The van der Waals surface area contributed by atoms with Gasteiger partial charge in [0.2, 0.25) is 0 Å². The number of hydrogen-bond acceptors (Lipinski definition) is 3. The van der Waals surface area contributed by atoms with Crippen molar-refractivity contribution in [2.75, 3.05) is 12.8 Å². The number of carbonyl (C=O) groups is 1. The molecule has 0 aliphatic carbocycles. The summed E-state index contributed by atoms with van der Waals surface area (Å²) < 4.78 is 6.13. The summed E-state index contributed by atoms with van der Waals surface area (Å²) in [6.45, 7) is 1.93. The monoisotopic (exact) mass is 348 g/mol. The predicted molar refractivity (Wildman–Crippen MR) is 87.4 cm³/mol. The topological polar surface area (TPSA) is 64.3 Å². The Labute approximate surface area is 132 Å². The molecule has 2 aromatic rings. The number of methoxy groups -OCH3 is 1. The highest BCUT2D eigenvalue weighted by Crippen LogP contribution is 2.25. The average molecular weight is 349 g/mol. The van der Waals surface area contributed by atoms with Gasteiger partial charge in [0.25, 0.3) is 5.91 Å². The second-order valence-corrected chi connectivity index (χ2v) is 5.58. The number of carbonyl (C=O) groups excluding carboxylic acids is 1. The van der Waals surface area contributed by atoms with Crippen molar-refractivity contribution in [3.05, 3.63) is 58.1 Å². The SMILES string of the molecule is COc1cccc(C(=O)NC(C)c2ccc(Br)cc2)c1N. The van der Waals surface area contributed by atoms with Crippen molar-refractivity contribution in [1.29, 1.82) is 0 Å². The van der Waals surface area contributed by atoms with Crippen LogP contribution in [0.1, 0.15) is 28.9 Å². The van der Waals surface area contributed by atoms with Crippen LogP contribution in [-0.2, 0) is 0 Å². The lowest BCUT2D eigenvalue weighted by Crippen LogP contribution is -2.27. The molecule has 0 saturated heterocycles. The molecule has 0 spiro atoms. The van der Waals surface area contributed by atoms with Gasteiger partial charge in [0, 0.05) is 4.47 Å². The Hall–Kier alpha value is -2.01. The van der Waals surface area contributed by atoms with E-state index in [-0.39, 0.29) is 11.9 Å². The molecule has 2 aromatic carbocycles. The zero-order valence-electron chi connectivity index (χ0n) is 11.9. The average Bonchev–Trinajstić information content (AvgIpc) is 2.48. The second-order valence-electron chi connectivity index (χ2n) is 4.67. The highest BCUT2D eigenvalue weighted by molar-refractivity contribution is 9.10. The molecular formula is C16H17BrN2O2. The van der Waals surface area contributed by atoms with Crippen molar-refractivity contribution >= 4 is 27.5 Å². The molecule has 21 heavy (non-hydrogen) atoms. The van der Waals surface area contributed by atoms with Gasteiger partial charge in [0.15, 0.2) is 0 Å². The van der Waals surface area contributed by atoms with Crippen molar-refractivity contribution in [3.8, 4) is 5.75 Å². The third-order valence-electron chi connectivity index (χ3n) is 3.25. The molecule has 0 aromatic heterocycles. The normalized spacial score (nSPS) is 11.8. The first-order valence-electron chi connectivity index (χ1n) is 6.51. The van der Waals surface area contributed by atoms with Gasteiger partial charge in [-0.2, -0.15) is 0 Å². The minimum atomic E-state index is -0.221. The summed E-state index contributed by atoms with van der Waals surface area (Å²) in [6, 6.07) is 12.8. The fraction of sp³-hybridized carbons (Fsp3) is 0.188. The van der Waals surface area contributed by atoms with Gasteiger partial charge in [-0.05, 0) is 36.8 Å². The molecule has 0 bridgehead atoms. The molecule has 0 aliphatic heterocycles. The highest BCUT2D eigenvalue weighted by Gasteiger charge is 2.15. The molecule has 0 radical (unpaired) electrons. The molecule has 5 heteroatoms. The summed E-state index contributed by atoms with van der Waals surface area (Å²) in [5, 5.41) is 2.93. The molecule has 1 atom stereocenters. The van der Waals surface area contributed by atoms with Gasteiger partial charge in [-0.3, -0.25) is 4.79 Å². The number of nitrogen functional groups attached to an aromatic ring is 1. The molecule has 1 unspecified atom stereocenters. The van der Waals surface area contributed by atoms with Crippen LogP contribution in [0.2, 0.25) is 0 Å².